The fourth-order valence-electron chi connectivity index (χ4n) is 5.52. The van der Waals surface area contributed by atoms with Gasteiger partial charge in [0, 0.05) is 50.3 Å². The Balaban J connectivity index is 1.52. The molecule has 1 aliphatic carbocycles. The second-order valence-corrected chi connectivity index (χ2v) is 9.12. The van der Waals surface area contributed by atoms with E-state index in [2.05, 4.69) is 27.2 Å². The number of likely N-dealkylation sites (tertiary alicyclic amines) is 1. The average Bonchev–Trinajstić information content (AvgIpc) is 3.13. The molecule has 1 aliphatic heterocycles. The van der Waals surface area contributed by atoms with Crippen molar-refractivity contribution >= 4 is 17.8 Å². The van der Waals surface area contributed by atoms with Crippen LogP contribution in [-0.4, -0.2) is 60.6 Å². The number of aromatic nitrogens is 1. The van der Waals surface area contributed by atoms with Crippen LogP contribution in [0.1, 0.15) is 66.6 Å². The minimum absolute atomic E-state index is 0.0597. The summed E-state index contributed by atoms with van der Waals surface area (Å²) in [4.78, 5) is 43.1. The van der Waals surface area contributed by atoms with Crippen LogP contribution >= 0.6 is 0 Å². The number of carbonyl (C=O) groups excluding carboxylic acids is 3. The Morgan fingerprint density at radius 2 is 1.89 bits per heavy atom. The zero-order valence-corrected chi connectivity index (χ0v) is 20.4. The van der Waals surface area contributed by atoms with E-state index in [-0.39, 0.29) is 41.8 Å². The van der Waals surface area contributed by atoms with Crippen LogP contribution in [0, 0.1) is 0 Å². The summed E-state index contributed by atoms with van der Waals surface area (Å²) < 4.78 is 11.0. The van der Waals surface area contributed by atoms with Crippen molar-refractivity contribution in [3.05, 3.63) is 65.5 Å². The maximum absolute atomic E-state index is 13.1. The molecule has 1 N–H and O–H groups in total. The number of carbonyl (C=O) groups is 3. The number of piperidine rings is 1. The number of ether oxygens (including phenoxy) is 2. The number of pyridine rings is 1. The lowest BCUT2D eigenvalue weighted by Gasteiger charge is -2.44. The van der Waals surface area contributed by atoms with E-state index in [1.165, 1.54) is 12.7 Å². The quantitative estimate of drug-likeness (QED) is 0.584. The first kappa shape index (κ1) is 24.9. The number of nitrogens with zero attached hydrogens (tertiary/aromatic N) is 2. The molecule has 8 heteroatoms. The number of methoxy groups -OCH3 is 1. The summed E-state index contributed by atoms with van der Waals surface area (Å²) in [5.41, 5.74) is 2.48. The summed E-state index contributed by atoms with van der Waals surface area (Å²) in [6, 6.07) is 11.4. The molecule has 35 heavy (non-hydrogen) atoms. The molecule has 1 fully saturated rings. The van der Waals surface area contributed by atoms with Crippen LogP contribution in [0.5, 0.6) is 0 Å². The van der Waals surface area contributed by atoms with Crippen molar-refractivity contribution in [2.24, 2.45) is 0 Å². The van der Waals surface area contributed by atoms with Gasteiger partial charge in [-0.1, -0.05) is 24.3 Å². The van der Waals surface area contributed by atoms with Crippen molar-refractivity contribution in [3.63, 3.8) is 0 Å². The summed E-state index contributed by atoms with van der Waals surface area (Å²) in [5, 5.41) is 3.21. The Bertz CT molecular complexity index is 1050. The summed E-state index contributed by atoms with van der Waals surface area (Å²) in [6.45, 7) is 3.71. The number of fused-ring (bicyclic) bond motifs is 2. The summed E-state index contributed by atoms with van der Waals surface area (Å²) in [6.07, 6.45) is 5.53. The third-order valence-electron chi connectivity index (χ3n) is 7.24. The molecule has 4 rings (SSSR count). The van der Waals surface area contributed by atoms with Crippen molar-refractivity contribution in [1.82, 2.24) is 15.2 Å². The third kappa shape index (κ3) is 5.07. The van der Waals surface area contributed by atoms with Crippen LogP contribution in [-0.2, 0) is 24.5 Å². The van der Waals surface area contributed by atoms with Gasteiger partial charge in [-0.15, -0.1) is 0 Å². The van der Waals surface area contributed by atoms with Gasteiger partial charge in [-0.3, -0.25) is 19.4 Å². The summed E-state index contributed by atoms with van der Waals surface area (Å²) in [5.74, 6) is -0.417. The molecular formula is C27H33N3O5. The van der Waals surface area contributed by atoms with Crippen LogP contribution in [0.3, 0.4) is 0 Å². The average molecular weight is 480 g/mol. The number of hydrogen-bond donors (Lipinski definition) is 1. The molecule has 2 atom stereocenters. The molecule has 0 unspecified atom stereocenters. The number of esters is 1. The first-order valence-corrected chi connectivity index (χ1v) is 12.3. The molecule has 0 bridgehead atoms. The largest absolute Gasteiger partial charge is 0.469 e. The van der Waals surface area contributed by atoms with Gasteiger partial charge < -0.3 is 19.7 Å². The van der Waals surface area contributed by atoms with E-state index in [1.54, 1.807) is 24.5 Å². The Morgan fingerprint density at radius 3 is 2.57 bits per heavy atom. The molecule has 1 aromatic carbocycles. The molecule has 1 aromatic heterocycles. The smallest absolute Gasteiger partial charge is 0.305 e. The van der Waals surface area contributed by atoms with Crippen molar-refractivity contribution in [1.29, 1.82) is 0 Å². The van der Waals surface area contributed by atoms with Gasteiger partial charge in [0.2, 0.25) is 5.91 Å². The zero-order valence-electron chi connectivity index (χ0n) is 20.4. The third-order valence-corrected chi connectivity index (χ3v) is 7.24. The highest BCUT2D eigenvalue weighted by Crippen LogP contribution is 2.52. The second kappa shape index (κ2) is 11.0. The minimum Gasteiger partial charge on any atom is -0.469 e. The van der Waals surface area contributed by atoms with E-state index in [1.807, 2.05) is 24.0 Å². The minimum atomic E-state index is -0.295. The molecule has 2 amide bonds. The molecule has 2 aromatic rings. The predicted octanol–water partition coefficient (Wildman–Crippen LogP) is 3.17. The maximum atomic E-state index is 13.1. The molecule has 8 nitrogen and oxygen atoms in total. The van der Waals surface area contributed by atoms with Gasteiger partial charge in [0.15, 0.2) is 0 Å². The SMILES string of the molecule is CCO[C@H]1[C@H](NC(=O)c2cccnc2)c2ccccc2C12CCN(C(=O)CCCC(=O)OC)CC2. The molecule has 1 spiro atoms. The topological polar surface area (TPSA) is 97.8 Å². The molecule has 1 saturated heterocycles. The standard InChI is InChI=1S/C27H33N3O5/c1-3-35-25-24(29-26(33)19-8-7-15-28-18-19)20-9-4-5-10-21(20)27(25)13-16-30(17-14-27)22(31)11-6-12-23(32)34-2/h4-5,7-10,15,18,24-25H,3,6,11-14,16-17H2,1-2H3,(H,29,33)/t24-,25+/m1/s1. The fraction of sp³-hybridized carbons (Fsp3) is 0.481. The van der Waals surface area contributed by atoms with Crippen LogP contribution in [0.15, 0.2) is 48.8 Å². The van der Waals surface area contributed by atoms with E-state index in [4.69, 9.17) is 4.74 Å². The highest BCUT2D eigenvalue weighted by atomic mass is 16.5. The predicted molar refractivity (Wildman–Crippen MR) is 130 cm³/mol. The van der Waals surface area contributed by atoms with Crippen molar-refractivity contribution in [2.45, 2.75) is 56.6 Å². The zero-order chi connectivity index (χ0) is 24.8. The van der Waals surface area contributed by atoms with Gasteiger partial charge in [0.05, 0.1) is 24.8 Å². The van der Waals surface area contributed by atoms with E-state index >= 15 is 0 Å². The molecule has 0 radical (unpaired) electrons. The lowest BCUT2D eigenvalue weighted by atomic mass is 9.71. The Morgan fingerprint density at radius 1 is 1.11 bits per heavy atom. The van der Waals surface area contributed by atoms with Crippen LogP contribution in [0.25, 0.3) is 0 Å². The van der Waals surface area contributed by atoms with Crippen molar-refractivity contribution in [3.8, 4) is 0 Å². The maximum Gasteiger partial charge on any atom is 0.305 e. The molecule has 186 valence electrons. The van der Waals surface area contributed by atoms with E-state index in [0.29, 0.717) is 38.1 Å². The Hall–Kier alpha value is -3.26. The number of nitrogens with one attached hydrogen (secondary N) is 1. The molecule has 0 saturated carbocycles. The monoisotopic (exact) mass is 479 g/mol. The van der Waals surface area contributed by atoms with Gasteiger partial charge in [-0.25, -0.2) is 0 Å². The highest BCUT2D eigenvalue weighted by Gasteiger charge is 2.54. The van der Waals surface area contributed by atoms with Gasteiger partial charge in [0.25, 0.3) is 5.91 Å². The first-order valence-electron chi connectivity index (χ1n) is 12.3. The second-order valence-electron chi connectivity index (χ2n) is 9.12. The molecule has 2 aliphatic rings. The van der Waals surface area contributed by atoms with Gasteiger partial charge in [-0.2, -0.15) is 0 Å². The summed E-state index contributed by atoms with van der Waals surface area (Å²) in [7, 11) is 1.36. The Kier molecular flexibility index (Phi) is 7.80. The van der Waals surface area contributed by atoms with Crippen molar-refractivity contribution < 1.29 is 23.9 Å². The summed E-state index contributed by atoms with van der Waals surface area (Å²) >= 11 is 0. The van der Waals surface area contributed by atoms with Crippen LogP contribution < -0.4 is 5.32 Å². The molecular weight excluding hydrogens is 446 g/mol. The number of benzene rings is 1. The van der Waals surface area contributed by atoms with Gasteiger partial charge >= 0.3 is 5.97 Å². The highest BCUT2D eigenvalue weighted by molar-refractivity contribution is 5.94. The van der Waals surface area contributed by atoms with Gasteiger partial charge in [0.1, 0.15) is 0 Å². The number of rotatable bonds is 8. The normalized spacial score (nSPS) is 20.3. The lowest BCUT2D eigenvalue weighted by Crippen LogP contribution is -2.52. The van der Waals surface area contributed by atoms with E-state index in [0.717, 1.165) is 18.4 Å². The van der Waals surface area contributed by atoms with Crippen molar-refractivity contribution in [2.75, 3.05) is 26.8 Å². The number of amides is 2. The van der Waals surface area contributed by atoms with Crippen LogP contribution in [0.4, 0.5) is 0 Å². The fourth-order valence-corrected chi connectivity index (χ4v) is 5.52. The van der Waals surface area contributed by atoms with E-state index < -0.39 is 0 Å². The Labute approximate surface area is 206 Å². The van der Waals surface area contributed by atoms with Crippen LogP contribution in [0.2, 0.25) is 0 Å². The first-order chi connectivity index (χ1) is 17.0. The molecule has 2 heterocycles. The number of hydrogen-bond acceptors (Lipinski definition) is 6. The lowest BCUT2D eigenvalue weighted by molar-refractivity contribution is -0.141. The van der Waals surface area contributed by atoms with Gasteiger partial charge in [-0.05, 0) is 49.4 Å². The van der Waals surface area contributed by atoms with E-state index in [9.17, 15) is 14.4 Å².